The van der Waals surface area contributed by atoms with E-state index in [4.69, 9.17) is 9.47 Å². The number of hydrogen-bond acceptors (Lipinski definition) is 3. The van der Waals surface area contributed by atoms with Gasteiger partial charge in [-0.15, -0.1) is 0 Å². The normalized spacial score (nSPS) is 21.2. The zero-order valence-electron chi connectivity index (χ0n) is 14.5. The number of halogens is 1. The van der Waals surface area contributed by atoms with Gasteiger partial charge in [0.05, 0.1) is 6.61 Å². The summed E-state index contributed by atoms with van der Waals surface area (Å²) in [5.41, 5.74) is 1.66. The van der Waals surface area contributed by atoms with Gasteiger partial charge >= 0.3 is 0 Å². The zero-order valence-corrected chi connectivity index (χ0v) is 14.5. The highest BCUT2D eigenvalue weighted by atomic mass is 19.1. The maximum atomic E-state index is 13.8. The SMILES string of the molecule is CN=C(NCCc1cc(F)cc2c1OCOC2)N1CCCC(C)C1. The lowest BCUT2D eigenvalue weighted by atomic mass is 10.0. The molecule has 1 unspecified atom stereocenters. The number of likely N-dealkylation sites (tertiary alicyclic amines) is 1. The summed E-state index contributed by atoms with van der Waals surface area (Å²) in [6.07, 6.45) is 3.16. The Bertz CT molecular complexity index is 606. The van der Waals surface area contributed by atoms with Gasteiger partial charge in [-0.2, -0.15) is 0 Å². The second kappa shape index (κ2) is 7.83. The first-order valence-electron chi connectivity index (χ1n) is 8.65. The predicted molar refractivity (Wildman–Crippen MR) is 91.7 cm³/mol. The van der Waals surface area contributed by atoms with Gasteiger partial charge in [0.1, 0.15) is 11.6 Å². The predicted octanol–water partition coefficient (Wildman–Crippen LogP) is 2.54. The zero-order chi connectivity index (χ0) is 16.9. The van der Waals surface area contributed by atoms with Crippen LogP contribution in [0, 0.1) is 11.7 Å². The van der Waals surface area contributed by atoms with Crippen molar-refractivity contribution in [1.29, 1.82) is 0 Å². The molecule has 0 radical (unpaired) electrons. The molecule has 2 aliphatic rings. The van der Waals surface area contributed by atoms with Crippen LogP contribution in [0.5, 0.6) is 5.75 Å². The molecule has 132 valence electrons. The first-order chi connectivity index (χ1) is 11.7. The molecule has 1 fully saturated rings. The molecule has 2 heterocycles. The van der Waals surface area contributed by atoms with E-state index in [0.717, 1.165) is 35.9 Å². The second-order valence-corrected chi connectivity index (χ2v) is 6.58. The van der Waals surface area contributed by atoms with E-state index in [-0.39, 0.29) is 12.6 Å². The molecule has 1 aromatic carbocycles. The molecule has 0 bridgehead atoms. The van der Waals surface area contributed by atoms with Gasteiger partial charge in [-0.1, -0.05) is 6.92 Å². The van der Waals surface area contributed by atoms with Crippen LogP contribution in [0.2, 0.25) is 0 Å². The maximum Gasteiger partial charge on any atom is 0.193 e. The summed E-state index contributed by atoms with van der Waals surface area (Å²) >= 11 is 0. The fourth-order valence-corrected chi connectivity index (χ4v) is 3.47. The van der Waals surface area contributed by atoms with Crippen molar-refractivity contribution >= 4 is 5.96 Å². The standard InChI is InChI=1S/C18H26FN3O2/c1-13-4-3-7-22(10-13)18(20-2)21-6-5-14-8-16(19)9-15-11-23-12-24-17(14)15/h8-9,13H,3-7,10-12H2,1-2H3,(H,20,21). The summed E-state index contributed by atoms with van der Waals surface area (Å²) in [7, 11) is 1.81. The van der Waals surface area contributed by atoms with Gasteiger partial charge < -0.3 is 19.7 Å². The maximum absolute atomic E-state index is 13.8. The van der Waals surface area contributed by atoms with E-state index < -0.39 is 0 Å². The van der Waals surface area contributed by atoms with Crippen molar-refractivity contribution in [2.75, 3.05) is 33.5 Å². The van der Waals surface area contributed by atoms with Crippen LogP contribution < -0.4 is 10.1 Å². The Labute approximate surface area is 142 Å². The van der Waals surface area contributed by atoms with Crippen molar-refractivity contribution in [3.63, 3.8) is 0 Å². The summed E-state index contributed by atoms with van der Waals surface area (Å²) in [5.74, 6) is 2.15. The van der Waals surface area contributed by atoms with E-state index in [1.54, 1.807) is 6.07 Å². The van der Waals surface area contributed by atoms with Gasteiger partial charge in [0.25, 0.3) is 0 Å². The largest absolute Gasteiger partial charge is 0.467 e. The van der Waals surface area contributed by atoms with Crippen LogP contribution in [0.15, 0.2) is 17.1 Å². The van der Waals surface area contributed by atoms with Gasteiger partial charge in [-0.3, -0.25) is 4.99 Å². The van der Waals surface area contributed by atoms with E-state index in [1.807, 2.05) is 7.05 Å². The Morgan fingerprint density at radius 3 is 3.12 bits per heavy atom. The van der Waals surface area contributed by atoms with E-state index in [9.17, 15) is 4.39 Å². The highest BCUT2D eigenvalue weighted by Crippen LogP contribution is 2.29. The van der Waals surface area contributed by atoms with Crippen molar-refractivity contribution in [3.8, 4) is 5.75 Å². The third kappa shape index (κ3) is 3.98. The molecule has 0 amide bonds. The van der Waals surface area contributed by atoms with Crippen LogP contribution in [0.4, 0.5) is 4.39 Å². The van der Waals surface area contributed by atoms with Crippen LogP contribution in [0.3, 0.4) is 0 Å². The van der Waals surface area contributed by atoms with Crippen LogP contribution >= 0.6 is 0 Å². The van der Waals surface area contributed by atoms with E-state index in [1.165, 1.54) is 18.9 Å². The van der Waals surface area contributed by atoms with Gasteiger partial charge in [-0.05, 0) is 42.9 Å². The number of aliphatic imine (C=N–C) groups is 1. The summed E-state index contributed by atoms with van der Waals surface area (Å²) < 4.78 is 24.6. The molecule has 0 saturated carbocycles. The lowest BCUT2D eigenvalue weighted by Gasteiger charge is -2.33. The molecular formula is C18H26FN3O2. The molecule has 1 N–H and O–H groups in total. The molecule has 1 saturated heterocycles. The Hall–Kier alpha value is -1.82. The van der Waals surface area contributed by atoms with Crippen molar-refractivity contribution in [2.45, 2.75) is 32.8 Å². The first kappa shape index (κ1) is 17.0. The van der Waals surface area contributed by atoms with Gasteiger partial charge in [0.15, 0.2) is 12.8 Å². The number of ether oxygens (including phenoxy) is 2. The molecule has 24 heavy (non-hydrogen) atoms. The topological polar surface area (TPSA) is 46.1 Å². The average molecular weight is 335 g/mol. The number of nitrogens with one attached hydrogen (secondary N) is 1. The van der Waals surface area contributed by atoms with Crippen molar-refractivity contribution in [2.24, 2.45) is 10.9 Å². The van der Waals surface area contributed by atoms with E-state index in [2.05, 4.69) is 22.1 Å². The van der Waals surface area contributed by atoms with Crippen LogP contribution in [0.1, 0.15) is 30.9 Å². The van der Waals surface area contributed by atoms with Crippen LogP contribution in [-0.2, 0) is 17.8 Å². The minimum atomic E-state index is -0.243. The summed E-state index contributed by atoms with van der Waals surface area (Å²) in [6.45, 7) is 5.68. The number of guanidine groups is 1. The molecule has 0 spiro atoms. The number of nitrogens with zero attached hydrogens (tertiary/aromatic N) is 2. The Kier molecular flexibility index (Phi) is 5.56. The molecule has 2 aliphatic heterocycles. The smallest absolute Gasteiger partial charge is 0.193 e. The second-order valence-electron chi connectivity index (χ2n) is 6.58. The lowest BCUT2D eigenvalue weighted by Crippen LogP contribution is -2.46. The summed E-state index contributed by atoms with van der Waals surface area (Å²) in [4.78, 5) is 6.69. The van der Waals surface area contributed by atoms with Crippen molar-refractivity contribution < 1.29 is 13.9 Å². The van der Waals surface area contributed by atoms with Gasteiger partial charge in [0, 0.05) is 32.2 Å². The monoisotopic (exact) mass is 335 g/mol. The molecule has 3 rings (SSSR count). The number of benzene rings is 1. The Balaban J connectivity index is 1.60. The number of piperidine rings is 1. The highest BCUT2D eigenvalue weighted by molar-refractivity contribution is 5.80. The fraction of sp³-hybridized carbons (Fsp3) is 0.611. The molecule has 5 nitrogen and oxygen atoms in total. The quantitative estimate of drug-likeness (QED) is 0.681. The van der Waals surface area contributed by atoms with E-state index >= 15 is 0 Å². The molecule has 0 aromatic heterocycles. The summed E-state index contributed by atoms with van der Waals surface area (Å²) in [5, 5.41) is 3.40. The minimum absolute atomic E-state index is 0.229. The number of hydrogen-bond donors (Lipinski definition) is 1. The van der Waals surface area contributed by atoms with Gasteiger partial charge in [-0.25, -0.2) is 4.39 Å². The molecule has 6 heteroatoms. The fourth-order valence-electron chi connectivity index (χ4n) is 3.47. The van der Waals surface area contributed by atoms with Crippen LogP contribution in [0.25, 0.3) is 0 Å². The minimum Gasteiger partial charge on any atom is -0.467 e. The van der Waals surface area contributed by atoms with Gasteiger partial charge in [0.2, 0.25) is 0 Å². The molecular weight excluding hydrogens is 309 g/mol. The highest BCUT2D eigenvalue weighted by Gasteiger charge is 2.20. The average Bonchev–Trinajstić information content (AvgIpc) is 2.58. The lowest BCUT2D eigenvalue weighted by molar-refractivity contribution is -0.0172. The molecule has 0 aliphatic carbocycles. The first-order valence-corrected chi connectivity index (χ1v) is 8.65. The van der Waals surface area contributed by atoms with Crippen LogP contribution in [-0.4, -0.2) is 44.3 Å². The number of rotatable bonds is 3. The van der Waals surface area contributed by atoms with E-state index in [0.29, 0.717) is 25.5 Å². The molecule has 1 atom stereocenters. The molecule has 1 aromatic rings. The summed E-state index contributed by atoms with van der Waals surface area (Å²) in [6, 6.07) is 3.04. The Morgan fingerprint density at radius 2 is 2.33 bits per heavy atom. The third-order valence-corrected chi connectivity index (χ3v) is 4.60. The Morgan fingerprint density at radius 1 is 1.46 bits per heavy atom. The third-order valence-electron chi connectivity index (χ3n) is 4.60. The number of fused-ring (bicyclic) bond motifs is 1. The van der Waals surface area contributed by atoms with Crippen molar-refractivity contribution in [1.82, 2.24) is 10.2 Å². The van der Waals surface area contributed by atoms with Crippen molar-refractivity contribution in [3.05, 3.63) is 29.1 Å².